The summed E-state index contributed by atoms with van der Waals surface area (Å²) in [4.78, 5) is 15.7. The number of rotatable bonds is 4. The van der Waals surface area contributed by atoms with E-state index in [0.29, 0.717) is 0 Å². The highest BCUT2D eigenvalue weighted by atomic mass is 28.3. The molecule has 1 aromatic rings. The van der Waals surface area contributed by atoms with Crippen LogP contribution in [0.1, 0.15) is 20.8 Å². The highest BCUT2D eigenvalue weighted by Crippen LogP contribution is 2.38. The molecule has 0 bridgehead atoms. The number of carbonyl (C=O) groups is 1. The van der Waals surface area contributed by atoms with Gasteiger partial charge in [0.25, 0.3) is 0 Å². The number of esters is 1. The number of pyridine rings is 1. The molecule has 1 aromatic heterocycles. The Morgan fingerprint density at radius 2 is 2.11 bits per heavy atom. The summed E-state index contributed by atoms with van der Waals surface area (Å²) in [6.07, 6.45) is 5.29. The molecule has 0 aliphatic carbocycles. The van der Waals surface area contributed by atoms with E-state index < -0.39 is 8.07 Å². The summed E-state index contributed by atoms with van der Waals surface area (Å²) in [7, 11) is -0.418. The molecule has 0 radical (unpaired) electrons. The SMILES string of the molecule is COC(=O)/C=C/C[Si](C)(c1ccccn1)C(C)(C)C. The summed E-state index contributed by atoms with van der Waals surface area (Å²) in [5.41, 5.74) is 0. The fourth-order valence-corrected chi connectivity index (χ4v) is 4.95. The second-order valence-electron chi connectivity index (χ2n) is 5.93. The van der Waals surface area contributed by atoms with E-state index in [-0.39, 0.29) is 11.0 Å². The van der Waals surface area contributed by atoms with Gasteiger partial charge in [0.05, 0.1) is 7.11 Å². The molecule has 1 rings (SSSR count). The maximum Gasteiger partial charge on any atom is 0.330 e. The lowest BCUT2D eigenvalue weighted by Crippen LogP contribution is -2.53. The molecular weight excluding hydrogens is 254 g/mol. The van der Waals surface area contributed by atoms with Gasteiger partial charge in [0.1, 0.15) is 8.07 Å². The molecule has 1 atom stereocenters. The van der Waals surface area contributed by atoms with Gasteiger partial charge in [-0.1, -0.05) is 39.5 Å². The maximum atomic E-state index is 11.2. The average Bonchev–Trinajstić information content (AvgIpc) is 2.38. The normalized spacial score (nSPS) is 15.2. The second kappa shape index (κ2) is 6.15. The first-order chi connectivity index (χ1) is 8.81. The minimum absolute atomic E-state index is 0.168. The number of carbonyl (C=O) groups excluding carboxylic acids is 1. The van der Waals surface area contributed by atoms with Gasteiger partial charge in [0.2, 0.25) is 0 Å². The number of hydrogen-bond donors (Lipinski definition) is 0. The molecule has 4 heteroatoms. The van der Waals surface area contributed by atoms with Crippen molar-refractivity contribution in [3.8, 4) is 0 Å². The molecule has 0 fully saturated rings. The molecule has 0 spiro atoms. The van der Waals surface area contributed by atoms with E-state index in [4.69, 9.17) is 0 Å². The van der Waals surface area contributed by atoms with Gasteiger partial charge in [-0.15, -0.1) is 0 Å². The number of nitrogens with zero attached hydrogens (tertiary/aromatic N) is 1. The Labute approximate surface area is 116 Å². The van der Waals surface area contributed by atoms with Crippen LogP contribution in [-0.4, -0.2) is 26.1 Å². The van der Waals surface area contributed by atoms with Crippen LogP contribution in [0.15, 0.2) is 36.5 Å². The van der Waals surface area contributed by atoms with E-state index in [2.05, 4.69) is 43.1 Å². The Morgan fingerprint density at radius 3 is 2.58 bits per heavy atom. The minimum Gasteiger partial charge on any atom is -0.466 e. The van der Waals surface area contributed by atoms with Crippen LogP contribution in [0.4, 0.5) is 0 Å². The smallest absolute Gasteiger partial charge is 0.330 e. The summed E-state index contributed by atoms with van der Waals surface area (Å²) >= 11 is 0. The third-order valence-corrected chi connectivity index (χ3v) is 9.66. The van der Waals surface area contributed by atoms with E-state index in [1.165, 1.54) is 18.5 Å². The fraction of sp³-hybridized carbons (Fsp3) is 0.467. The van der Waals surface area contributed by atoms with Crippen LogP contribution in [0, 0.1) is 0 Å². The van der Waals surface area contributed by atoms with E-state index >= 15 is 0 Å². The van der Waals surface area contributed by atoms with Crippen LogP contribution >= 0.6 is 0 Å². The Morgan fingerprint density at radius 1 is 1.42 bits per heavy atom. The Kier molecular flexibility index (Phi) is 5.06. The van der Waals surface area contributed by atoms with E-state index in [1.54, 1.807) is 0 Å². The molecule has 0 saturated carbocycles. The molecule has 0 aromatic carbocycles. The first-order valence-electron chi connectivity index (χ1n) is 6.47. The number of ether oxygens (including phenoxy) is 1. The highest BCUT2D eigenvalue weighted by molar-refractivity contribution is 6.92. The number of hydrogen-bond acceptors (Lipinski definition) is 3. The number of methoxy groups -OCH3 is 1. The Balaban J connectivity index is 3.03. The minimum atomic E-state index is -1.81. The van der Waals surface area contributed by atoms with Crippen LogP contribution < -0.4 is 5.32 Å². The number of allylic oxidation sites excluding steroid dienone is 1. The third-order valence-electron chi connectivity index (χ3n) is 3.87. The van der Waals surface area contributed by atoms with Crippen molar-refractivity contribution < 1.29 is 9.53 Å². The van der Waals surface area contributed by atoms with Crippen molar-refractivity contribution in [1.29, 1.82) is 0 Å². The zero-order valence-electron chi connectivity index (χ0n) is 12.4. The molecule has 0 N–H and O–H groups in total. The summed E-state index contributed by atoms with van der Waals surface area (Å²) in [5, 5.41) is 1.35. The van der Waals surface area contributed by atoms with Gasteiger partial charge in [-0.3, -0.25) is 4.98 Å². The van der Waals surface area contributed by atoms with Crippen LogP contribution in [0.3, 0.4) is 0 Å². The first-order valence-corrected chi connectivity index (χ1v) is 9.18. The Bertz CT molecular complexity index is 451. The average molecular weight is 277 g/mol. The van der Waals surface area contributed by atoms with Gasteiger partial charge < -0.3 is 4.74 Å². The molecule has 0 amide bonds. The molecule has 0 aliphatic heterocycles. The van der Waals surface area contributed by atoms with Crippen LogP contribution in [0.25, 0.3) is 0 Å². The zero-order chi connectivity index (χ0) is 14.5. The lowest BCUT2D eigenvalue weighted by atomic mass is 10.2. The van der Waals surface area contributed by atoms with Crippen molar-refractivity contribution in [2.45, 2.75) is 38.4 Å². The predicted molar refractivity (Wildman–Crippen MR) is 81.2 cm³/mol. The van der Waals surface area contributed by atoms with Gasteiger partial charge in [-0.05, 0) is 23.2 Å². The standard InChI is InChI=1S/C15H23NO2Si/c1-15(2,3)19(5,12-8-10-14(17)18-4)13-9-6-7-11-16-13/h6-11H,12H2,1-5H3/b10-8+. The summed E-state index contributed by atoms with van der Waals surface area (Å²) in [6, 6.07) is 6.95. The quantitative estimate of drug-likeness (QED) is 0.482. The monoisotopic (exact) mass is 277 g/mol. The van der Waals surface area contributed by atoms with E-state index in [9.17, 15) is 4.79 Å². The van der Waals surface area contributed by atoms with Crippen molar-refractivity contribution in [3.63, 3.8) is 0 Å². The summed E-state index contributed by atoms with van der Waals surface area (Å²) < 4.78 is 4.63. The van der Waals surface area contributed by atoms with Crippen LogP contribution in [0.5, 0.6) is 0 Å². The fourth-order valence-electron chi connectivity index (χ4n) is 1.94. The van der Waals surface area contributed by atoms with Crippen LogP contribution in [0.2, 0.25) is 17.6 Å². The predicted octanol–water partition coefficient (Wildman–Crippen LogP) is 2.90. The van der Waals surface area contributed by atoms with Gasteiger partial charge >= 0.3 is 5.97 Å². The molecule has 1 heterocycles. The van der Waals surface area contributed by atoms with E-state index in [1.807, 2.05) is 24.4 Å². The Hall–Kier alpha value is -1.42. The summed E-state index contributed by atoms with van der Waals surface area (Å²) in [6.45, 7) is 9.07. The van der Waals surface area contributed by atoms with Gasteiger partial charge in [-0.2, -0.15) is 0 Å². The second-order valence-corrected chi connectivity index (χ2v) is 11.0. The molecule has 104 valence electrons. The van der Waals surface area contributed by atoms with Gasteiger partial charge in [-0.25, -0.2) is 4.79 Å². The van der Waals surface area contributed by atoms with Gasteiger partial charge in [0, 0.05) is 17.6 Å². The molecule has 3 nitrogen and oxygen atoms in total. The zero-order valence-corrected chi connectivity index (χ0v) is 13.4. The van der Waals surface area contributed by atoms with E-state index in [0.717, 1.165) is 6.04 Å². The maximum absolute atomic E-state index is 11.2. The first kappa shape index (κ1) is 15.6. The molecule has 1 unspecified atom stereocenters. The third kappa shape index (κ3) is 3.77. The van der Waals surface area contributed by atoms with Crippen molar-refractivity contribution in [3.05, 3.63) is 36.5 Å². The van der Waals surface area contributed by atoms with Crippen molar-refractivity contribution in [2.24, 2.45) is 0 Å². The summed E-state index contributed by atoms with van der Waals surface area (Å²) in [5.74, 6) is -0.300. The molecule has 0 aliphatic rings. The molecule has 19 heavy (non-hydrogen) atoms. The molecule has 0 saturated heterocycles. The lowest BCUT2D eigenvalue weighted by Gasteiger charge is -2.38. The van der Waals surface area contributed by atoms with Crippen molar-refractivity contribution in [2.75, 3.05) is 7.11 Å². The number of aromatic nitrogens is 1. The van der Waals surface area contributed by atoms with Crippen molar-refractivity contribution in [1.82, 2.24) is 4.98 Å². The van der Waals surface area contributed by atoms with Crippen molar-refractivity contribution >= 4 is 19.4 Å². The molecular formula is C15H23NO2Si. The highest BCUT2D eigenvalue weighted by Gasteiger charge is 2.41. The topological polar surface area (TPSA) is 39.2 Å². The van der Waals surface area contributed by atoms with Gasteiger partial charge in [0.15, 0.2) is 0 Å². The van der Waals surface area contributed by atoms with Crippen LogP contribution in [-0.2, 0) is 9.53 Å². The largest absolute Gasteiger partial charge is 0.466 e. The lowest BCUT2D eigenvalue weighted by molar-refractivity contribution is -0.134.